The maximum absolute atomic E-state index is 12.5. The van der Waals surface area contributed by atoms with Crippen molar-refractivity contribution in [2.75, 3.05) is 40.3 Å². The van der Waals surface area contributed by atoms with Crippen molar-refractivity contribution in [2.24, 2.45) is 16.7 Å². The van der Waals surface area contributed by atoms with Crippen LogP contribution in [0.1, 0.15) is 86.5 Å². The van der Waals surface area contributed by atoms with Gasteiger partial charge in [0.2, 0.25) is 0 Å². The van der Waals surface area contributed by atoms with Gasteiger partial charge in [0.25, 0.3) is 0 Å². The van der Waals surface area contributed by atoms with Gasteiger partial charge in [-0.1, -0.05) is 41.5 Å². The first-order valence-electron chi connectivity index (χ1n) is 14.4. The fourth-order valence-electron chi connectivity index (χ4n) is 7.23. The fraction of sp³-hybridized carbons (Fsp3) is 1.00. The van der Waals surface area contributed by atoms with Crippen molar-refractivity contribution >= 4 is 8.32 Å². The maximum Gasteiger partial charge on any atom is 0.192 e. The van der Waals surface area contributed by atoms with Crippen LogP contribution in [0.5, 0.6) is 0 Å². The van der Waals surface area contributed by atoms with Crippen LogP contribution in [0.2, 0.25) is 18.1 Å². The van der Waals surface area contributed by atoms with Gasteiger partial charge in [-0.3, -0.25) is 0 Å². The average molecular weight is 543 g/mol. The molecule has 1 spiro atoms. The molecule has 1 N–H and O–H groups in total. The summed E-state index contributed by atoms with van der Waals surface area (Å²) >= 11 is 0. The SMILES string of the molecule is COCCOCO[C@]12CCC3(C[C@@]1(O)CC[C@]1(C)[C@@H](O[Si](C)(C)C(C)(C)C)CC[C@H]12)OCC(C)(C)CO3. The third-order valence-corrected chi connectivity index (χ3v) is 15.1. The van der Waals surface area contributed by atoms with Crippen LogP contribution in [0, 0.1) is 16.7 Å². The van der Waals surface area contributed by atoms with E-state index in [0.29, 0.717) is 52.1 Å². The van der Waals surface area contributed by atoms with E-state index in [4.69, 9.17) is 28.1 Å². The van der Waals surface area contributed by atoms with Gasteiger partial charge in [-0.15, -0.1) is 0 Å². The molecule has 37 heavy (non-hydrogen) atoms. The summed E-state index contributed by atoms with van der Waals surface area (Å²) in [5.41, 5.74) is -1.84. The van der Waals surface area contributed by atoms with Crippen LogP contribution >= 0.6 is 0 Å². The van der Waals surface area contributed by atoms with Crippen molar-refractivity contribution in [1.82, 2.24) is 0 Å². The number of hydrogen-bond donors (Lipinski definition) is 1. The highest BCUT2D eigenvalue weighted by Crippen LogP contribution is 2.66. The summed E-state index contributed by atoms with van der Waals surface area (Å²) in [6, 6.07) is 0. The molecule has 1 aliphatic heterocycles. The Morgan fingerprint density at radius 3 is 2.24 bits per heavy atom. The lowest BCUT2D eigenvalue weighted by Crippen LogP contribution is -2.72. The number of aliphatic hydroxyl groups is 1. The van der Waals surface area contributed by atoms with E-state index in [1.54, 1.807) is 7.11 Å². The molecule has 1 heterocycles. The molecule has 7 nitrogen and oxygen atoms in total. The Morgan fingerprint density at radius 1 is 0.946 bits per heavy atom. The van der Waals surface area contributed by atoms with E-state index in [0.717, 1.165) is 19.3 Å². The minimum Gasteiger partial charge on any atom is -0.413 e. The standard InChI is InChI=1S/C29H54O7Si/c1-24(2,3)37(8,9)36-23-11-10-22-26(23,6)12-13-27(30)18-28(33-19-25(4,5)20-34-28)14-15-29(22,27)35-21-32-17-16-31-7/h22-23,30H,10-21H2,1-9H3/t22-,23+,26+,27+,29+/m1/s1. The summed E-state index contributed by atoms with van der Waals surface area (Å²) in [6.45, 7) is 20.7. The zero-order chi connectivity index (χ0) is 27.4. The number of fused-ring (bicyclic) bond motifs is 3. The first kappa shape index (κ1) is 29.9. The normalized spacial score (nSPS) is 39.4. The van der Waals surface area contributed by atoms with Crippen LogP contribution in [0.15, 0.2) is 0 Å². The Morgan fingerprint density at radius 2 is 1.62 bits per heavy atom. The van der Waals surface area contributed by atoms with Crippen molar-refractivity contribution in [2.45, 2.75) is 128 Å². The van der Waals surface area contributed by atoms with Crippen molar-refractivity contribution in [3.63, 3.8) is 0 Å². The summed E-state index contributed by atoms with van der Waals surface area (Å²) in [5.74, 6) is -0.561. The topological polar surface area (TPSA) is 75.6 Å². The van der Waals surface area contributed by atoms with E-state index in [2.05, 4.69) is 54.6 Å². The van der Waals surface area contributed by atoms with E-state index < -0.39 is 25.3 Å². The van der Waals surface area contributed by atoms with Crippen molar-refractivity contribution < 1.29 is 33.2 Å². The number of hydrogen-bond acceptors (Lipinski definition) is 7. The number of methoxy groups -OCH3 is 1. The highest BCUT2D eigenvalue weighted by Gasteiger charge is 2.72. The predicted molar refractivity (Wildman–Crippen MR) is 146 cm³/mol. The van der Waals surface area contributed by atoms with E-state index in [1.807, 2.05) is 0 Å². The number of ether oxygens (including phenoxy) is 5. The molecule has 4 aliphatic rings. The van der Waals surface area contributed by atoms with Gasteiger partial charge in [0, 0.05) is 25.4 Å². The monoisotopic (exact) mass is 542 g/mol. The van der Waals surface area contributed by atoms with Crippen molar-refractivity contribution in [1.29, 1.82) is 0 Å². The van der Waals surface area contributed by atoms with E-state index in [1.165, 1.54) is 0 Å². The van der Waals surface area contributed by atoms with Crippen LogP contribution in [0.25, 0.3) is 0 Å². The largest absolute Gasteiger partial charge is 0.413 e. The minimum atomic E-state index is -1.95. The smallest absolute Gasteiger partial charge is 0.192 e. The second-order valence-electron chi connectivity index (χ2n) is 14.9. The lowest BCUT2D eigenvalue weighted by Gasteiger charge is -2.64. The van der Waals surface area contributed by atoms with Crippen LogP contribution < -0.4 is 0 Å². The third kappa shape index (κ3) is 5.35. The Kier molecular flexibility index (Phi) is 8.16. The average Bonchev–Trinajstić information content (AvgIpc) is 3.12. The molecule has 0 amide bonds. The Labute approximate surface area is 226 Å². The molecule has 216 valence electrons. The molecule has 0 aromatic rings. The van der Waals surface area contributed by atoms with E-state index in [-0.39, 0.29) is 34.7 Å². The highest BCUT2D eigenvalue weighted by atomic mass is 28.4. The summed E-state index contributed by atoms with van der Waals surface area (Å²) < 4.78 is 37.6. The molecule has 4 fully saturated rings. The lowest BCUT2D eigenvalue weighted by atomic mass is 9.50. The second-order valence-corrected chi connectivity index (χ2v) is 19.7. The van der Waals surface area contributed by atoms with E-state index >= 15 is 0 Å². The Bertz CT molecular complexity index is 801. The van der Waals surface area contributed by atoms with Gasteiger partial charge in [-0.05, 0) is 61.6 Å². The molecule has 4 rings (SSSR count). The van der Waals surface area contributed by atoms with Gasteiger partial charge in [-0.25, -0.2) is 0 Å². The third-order valence-electron chi connectivity index (χ3n) is 10.6. The molecule has 0 aromatic heterocycles. The molecular weight excluding hydrogens is 488 g/mol. The molecule has 3 aliphatic carbocycles. The Hall–Kier alpha value is -0.0631. The highest BCUT2D eigenvalue weighted by molar-refractivity contribution is 6.74. The molecule has 0 aromatic carbocycles. The first-order valence-corrected chi connectivity index (χ1v) is 17.3. The molecule has 1 saturated heterocycles. The Balaban J connectivity index is 1.61. The van der Waals surface area contributed by atoms with Gasteiger partial charge in [0.15, 0.2) is 14.1 Å². The quantitative estimate of drug-likeness (QED) is 0.241. The first-order chi connectivity index (χ1) is 17.0. The molecule has 3 saturated carbocycles. The number of rotatable bonds is 8. The molecule has 0 unspecified atom stereocenters. The molecule has 5 atom stereocenters. The van der Waals surface area contributed by atoms with Crippen LogP contribution in [-0.2, 0) is 28.1 Å². The van der Waals surface area contributed by atoms with Crippen molar-refractivity contribution in [3.8, 4) is 0 Å². The van der Waals surface area contributed by atoms with Gasteiger partial charge in [0.05, 0.1) is 38.1 Å². The van der Waals surface area contributed by atoms with Crippen LogP contribution in [-0.4, -0.2) is 76.8 Å². The van der Waals surface area contributed by atoms with Crippen LogP contribution in [0.4, 0.5) is 0 Å². The van der Waals surface area contributed by atoms with Gasteiger partial charge < -0.3 is 33.2 Å². The van der Waals surface area contributed by atoms with Crippen molar-refractivity contribution in [3.05, 3.63) is 0 Å². The van der Waals surface area contributed by atoms with Gasteiger partial charge in [0.1, 0.15) is 12.4 Å². The summed E-state index contributed by atoms with van der Waals surface area (Å²) in [6.07, 6.45) is 5.56. The molecule has 0 bridgehead atoms. The predicted octanol–water partition coefficient (Wildman–Crippen LogP) is 5.65. The summed E-state index contributed by atoms with van der Waals surface area (Å²) in [4.78, 5) is 0. The van der Waals surface area contributed by atoms with E-state index in [9.17, 15) is 5.11 Å². The molecular formula is C29H54O7Si. The summed E-state index contributed by atoms with van der Waals surface area (Å²) in [5, 5.41) is 12.7. The lowest BCUT2D eigenvalue weighted by molar-refractivity contribution is -0.377. The van der Waals surface area contributed by atoms with Gasteiger partial charge in [-0.2, -0.15) is 0 Å². The van der Waals surface area contributed by atoms with Crippen LogP contribution in [0.3, 0.4) is 0 Å². The second kappa shape index (κ2) is 10.1. The minimum absolute atomic E-state index is 0.0149. The van der Waals surface area contributed by atoms with Gasteiger partial charge >= 0.3 is 0 Å². The maximum atomic E-state index is 12.5. The molecule has 0 radical (unpaired) electrons. The zero-order valence-electron chi connectivity index (χ0n) is 25.0. The summed E-state index contributed by atoms with van der Waals surface area (Å²) in [7, 11) is -0.280. The fourth-order valence-corrected chi connectivity index (χ4v) is 8.69. The molecule has 8 heteroatoms. The zero-order valence-corrected chi connectivity index (χ0v) is 26.0.